The summed E-state index contributed by atoms with van der Waals surface area (Å²) >= 11 is 4.23. The van der Waals surface area contributed by atoms with Gasteiger partial charge in [-0.1, -0.05) is 48.4 Å². The summed E-state index contributed by atoms with van der Waals surface area (Å²) in [6, 6.07) is 5.23. The minimum atomic E-state index is -1.21. The van der Waals surface area contributed by atoms with Crippen LogP contribution in [-0.2, 0) is 0 Å². The molecule has 2 aliphatic rings. The number of carbonyl (C=O) groups excluding carboxylic acids is 4. The summed E-state index contributed by atoms with van der Waals surface area (Å²) in [5, 5.41) is 30.3. The van der Waals surface area contributed by atoms with Gasteiger partial charge in [-0.05, 0) is 73.5 Å². The van der Waals surface area contributed by atoms with Crippen molar-refractivity contribution in [3.63, 3.8) is 0 Å². The maximum atomic E-state index is 12.8. The van der Waals surface area contributed by atoms with E-state index in [1.807, 2.05) is 0 Å². The first-order valence-corrected chi connectivity index (χ1v) is 22.3. The molecule has 8 rings (SSSR count). The standard InChI is InChI=1S/2C19H18N6O4S2/c26-13(10-4-1-2-5-10)11-6-3-7-20-14(11)24-17(29)25-19-23-12(15(27)28)16(31-19)30-18-21-8-9-22-18;26-14(10-4-1-2-5-10)12-11(6-3-7-20-12)23-17(29)25-19-24-13(15(27)28)16(31-19)30-18-21-8-9-22-18/h3,6-10H,1-2,4-5H2,(H,21,22)(H,27,28)(H2,20,23,24,25,29);3,6-10H,1-2,4-5H2,(H,21,22)(H,27,28)(H2,23,24,25,29). The number of amides is 4. The second-order valence-corrected chi connectivity index (χ2v) is 18.1. The highest BCUT2D eigenvalue weighted by Crippen LogP contribution is 2.38. The fourth-order valence-corrected chi connectivity index (χ4v) is 10.5. The van der Waals surface area contributed by atoms with Gasteiger partial charge in [0.1, 0.15) is 19.9 Å². The lowest BCUT2D eigenvalue weighted by Crippen LogP contribution is -2.23. The van der Waals surface area contributed by atoms with Crippen LogP contribution in [0.2, 0.25) is 0 Å². The lowest BCUT2D eigenvalue weighted by molar-refractivity contribution is 0.0677. The zero-order valence-electron chi connectivity index (χ0n) is 32.2. The first-order valence-electron chi connectivity index (χ1n) is 19.0. The molecule has 24 heteroatoms. The number of nitrogens with one attached hydrogen (secondary N) is 6. The van der Waals surface area contributed by atoms with Gasteiger partial charge in [-0.2, -0.15) is 0 Å². The first kappa shape index (κ1) is 43.6. The summed E-state index contributed by atoms with van der Waals surface area (Å²) in [5.41, 5.74) is 0.530. The van der Waals surface area contributed by atoms with E-state index in [4.69, 9.17) is 0 Å². The van der Waals surface area contributed by atoms with Crippen LogP contribution in [0, 0.1) is 11.8 Å². The summed E-state index contributed by atoms with van der Waals surface area (Å²) in [6.07, 6.45) is 16.8. The molecule has 0 radical (unpaired) electrons. The van der Waals surface area contributed by atoms with Gasteiger partial charge in [0.15, 0.2) is 43.5 Å². The number of Topliss-reactive ketones (excluding diaryl/α,β-unsaturated/α-hetero) is 2. The number of imidazole rings is 2. The molecule has 0 saturated heterocycles. The number of aromatic nitrogens is 8. The van der Waals surface area contributed by atoms with Crippen molar-refractivity contribution < 1.29 is 39.0 Å². The number of carbonyl (C=O) groups is 6. The van der Waals surface area contributed by atoms with E-state index in [-0.39, 0.29) is 56.6 Å². The van der Waals surface area contributed by atoms with Crippen molar-refractivity contribution >= 4 is 104 Å². The molecular formula is C38H36N12O8S4. The summed E-state index contributed by atoms with van der Waals surface area (Å²) in [5.74, 6) is -2.49. The number of carboxylic acid groups (broad SMARTS) is 2. The zero-order valence-corrected chi connectivity index (χ0v) is 35.5. The van der Waals surface area contributed by atoms with Crippen LogP contribution < -0.4 is 21.3 Å². The fourth-order valence-electron chi connectivity index (χ4n) is 6.60. The van der Waals surface area contributed by atoms with E-state index in [9.17, 15) is 39.0 Å². The van der Waals surface area contributed by atoms with E-state index < -0.39 is 24.0 Å². The molecule has 0 spiro atoms. The van der Waals surface area contributed by atoms with Gasteiger partial charge >= 0.3 is 24.0 Å². The molecule has 6 aromatic heterocycles. The number of aromatic amines is 2. The van der Waals surface area contributed by atoms with Crippen molar-refractivity contribution in [2.24, 2.45) is 11.8 Å². The molecule has 4 amide bonds. The molecule has 0 unspecified atom stereocenters. The molecule has 20 nitrogen and oxygen atoms in total. The van der Waals surface area contributed by atoms with Crippen LogP contribution >= 0.6 is 46.2 Å². The van der Waals surface area contributed by atoms with Crippen molar-refractivity contribution in [1.29, 1.82) is 0 Å². The Morgan fingerprint density at radius 3 is 1.61 bits per heavy atom. The maximum Gasteiger partial charge on any atom is 0.356 e. The van der Waals surface area contributed by atoms with Gasteiger partial charge in [0, 0.05) is 49.0 Å². The fraction of sp³-hybridized carbons (Fsp3) is 0.263. The first-order chi connectivity index (χ1) is 30.0. The van der Waals surface area contributed by atoms with E-state index in [0.717, 1.165) is 97.6 Å². The third-order valence-corrected chi connectivity index (χ3v) is 13.5. The third-order valence-electron chi connectivity index (χ3n) is 9.41. The molecule has 0 aromatic carbocycles. The van der Waals surface area contributed by atoms with Gasteiger partial charge in [-0.25, -0.2) is 44.1 Å². The van der Waals surface area contributed by atoms with E-state index in [2.05, 4.69) is 61.1 Å². The van der Waals surface area contributed by atoms with Gasteiger partial charge in [0.25, 0.3) is 0 Å². The summed E-state index contributed by atoms with van der Waals surface area (Å²) < 4.78 is 0.740. The maximum absolute atomic E-state index is 12.8. The lowest BCUT2D eigenvalue weighted by atomic mass is 9.97. The van der Waals surface area contributed by atoms with Gasteiger partial charge in [-0.15, -0.1) is 0 Å². The number of pyridine rings is 2. The Balaban J connectivity index is 0.000000186. The van der Waals surface area contributed by atoms with Crippen LogP contribution in [0.3, 0.4) is 0 Å². The minimum Gasteiger partial charge on any atom is -0.476 e. The Labute approximate surface area is 368 Å². The Hall–Kier alpha value is -6.50. The average molecular weight is 917 g/mol. The number of carboxylic acids is 2. The van der Waals surface area contributed by atoms with Gasteiger partial charge in [0.2, 0.25) is 0 Å². The monoisotopic (exact) mass is 916 g/mol. The minimum absolute atomic E-state index is 0.0274. The molecule has 0 bridgehead atoms. The molecule has 62 heavy (non-hydrogen) atoms. The topological polar surface area (TPSA) is 300 Å². The van der Waals surface area contributed by atoms with Crippen LogP contribution in [0.25, 0.3) is 0 Å². The molecule has 2 saturated carbocycles. The van der Waals surface area contributed by atoms with Gasteiger partial charge < -0.3 is 25.5 Å². The lowest BCUT2D eigenvalue weighted by Gasteiger charge is -2.12. The van der Waals surface area contributed by atoms with E-state index >= 15 is 0 Å². The van der Waals surface area contributed by atoms with Gasteiger partial charge in [-0.3, -0.25) is 30.5 Å². The highest BCUT2D eigenvalue weighted by molar-refractivity contribution is 8.01. The van der Waals surface area contributed by atoms with Gasteiger partial charge in [0.05, 0.1) is 11.3 Å². The van der Waals surface area contributed by atoms with Crippen LogP contribution in [-0.4, -0.2) is 85.7 Å². The predicted octanol–water partition coefficient (Wildman–Crippen LogP) is 8.26. The highest BCUT2D eigenvalue weighted by atomic mass is 32.2. The smallest absolute Gasteiger partial charge is 0.356 e. The summed E-state index contributed by atoms with van der Waals surface area (Å²) in [7, 11) is 0. The molecule has 0 aliphatic heterocycles. The number of H-pyrrole nitrogens is 2. The second kappa shape index (κ2) is 20.4. The Morgan fingerprint density at radius 1 is 0.597 bits per heavy atom. The Bertz CT molecular complexity index is 2390. The predicted molar refractivity (Wildman–Crippen MR) is 230 cm³/mol. The molecule has 2 fully saturated rings. The van der Waals surface area contributed by atoms with Crippen molar-refractivity contribution in [2.75, 3.05) is 21.3 Å². The van der Waals surface area contributed by atoms with Crippen molar-refractivity contribution in [2.45, 2.75) is 70.1 Å². The van der Waals surface area contributed by atoms with Crippen molar-refractivity contribution in [3.8, 4) is 0 Å². The third kappa shape index (κ3) is 11.1. The molecule has 6 heterocycles. The largest absolute Gasteiger partial charge is 0.476 e. The number of aromatic carboxylic acids is 2. The number of rotatable bonds is 14. The Morgan fingerprint density at radius 2 is 1.10 bits per heavy atom. The normalized spacial score (nSPS) is 13.8. The molecule has 0 atom stereocenters. The van der Waals surface area contributed by atoms with Crippen LogP contribution in [0.4, 0.5) is 31.4 Å². The number of hydrogen-bond acceptors (Lipinski definition) is 16. The van der Waals surface area contributed by atoms with E-state index in [1.165, 1.54) is 12.4 Å². The number of ketones is 2. The molecule has 6 aromatic rings. The molecular weight excluding hydrogens is 881 g/mol. The SMILES string of the molecule is O=C(Nc1nc(C(=O)O)c(Sc2ncc[nH]2)s1)Nc1cccnc1C(=O)C1CCCC1.O=C(Nc1nc(C(=O)O)c(Sc2ncc[nH]2)s1)Nc1ncccc1C(=O)C1CCCC1. The zero-order chi connectivity index (χ0) is 43.6. The molecule has 320 valence electrons. The highest BCUT2D eigenvalue weighted by Gasteiger charge is 2.29. The quantitative estimate of drug-likeness (QED) is 0.0477. The van der Waals surface area contributed by atoms with E-state index in [0.29, 0.717) is 30.0 Å². The van der Waals surface area contributed by atoms with E-state index in [1.54, 1.807) is 49.1 Å². The van der Waals surface area contributed by atoms with Crippen LogP contribution in [0.15, 0.2) is 80.2 Å². The number of hydrogen-bond donors (Lipinski definition) is 8. The second-order valence-electron chi connectivity index (χ2n) is 13.6. The average Bonchev–Trinajstić information content (AvgIpc) is 4.11. The number of anilines is 4. The summed E-state index contributed by atoms with van der Waals surface area (Å²) in [6.45, 7) is 0. The number of urea groups is 2. The van der Waals surface area contributed by atoms with Crippen molar-refractivity contribution in [3.05, 3.63) is 84.1 Å². The summed E-state index contributed by atoms with van der Waals surface area (Å²) in [4.78, 5) is 104. The van der Waals surface area contributed by atoms with Crippen LogP contribution in [0.1, 0.15) is 93.2 Å². The molecule has 2 aliphatic carbocycles. The van der Waals surface area contributed by atoms with Crippen molar-refractivity contribution in [1.82, 2.24) is 39.9 Å². The van der Waals surface area contributed by atoms with Crippen LogP contribution in [0.5, 0.6) is 0 Å². The number of thiazole rings is 2. The molecule has 8 N–H and O–H groups in total. The number of nitrogens with zero attached hydrogens (tertiary/aromatic N) is 6. The Kier molecular flexibility index (Phi) is 14.3.